The fourth-order valence-corrected chi connectivity index (χ4v) is 2.51. The lowest BCUT2D eigenvalue weighted by Gasteiger charge is -2.41. The number of aliphatic hydroxyl groups excluding tert-OH is 1. The van der Waals surface area contributed by atoms with Crippen molar-refractivity contribution < 1.29 is 19.3 Å². The zero-order valence-corrected chi connectivity index (χ0v) is 13.0. The minimum Gasteiger partial charge on any atom is -0.390 e. The number of aliphatic hydroxyl groups is 1. The highest BCUT2D eigenvalue weighted by molar-refractivity contribution is 5.13. The zero-order chi connectivity index (χ0) is 17.4. The molecule has 0 aromatic heterocycles. The summed E-state index contributed by atoms with van der Waals surface area (Å²) >= 11 is 0. The van der Waals surface area contributed by atoms with Crippen molar-refractivity contribution in [1.82, 2.24) is 0 Å². The van der Waals surface area contributed by atoms with Crippen LogP contribution in [0.5, 0.6) is 0 Å². The number of benzene rings is 1. The first kappa shape index (κ1) is 18.0. The molecule has 10 nitrogen and oxygen atoms in total. The fourth-order valence-electron chi connectivity index (χ4n) is 2.51. The second-order valence-corrected chi connectivity index (χ2v) is 5.14. The van der Waals surface area contributed by atoms with E-state index in [0.717, 1.165) is 5.56 Å². The maximum absolute atomic E-state index is 10.5. The summed E-state index contributed by atoms with van der Waals surface area (Å²) in [4.78, 5) is 5.38. The molecule has 1 saturated heterocycles. The number of hydrogen-bond donors (Lipinski definition) is 1. The van der Waals surface area contributed by atoms with Crippen molar-refractivity contribution in [2.45, 2.75) is 37.3 Å². The second-order valence-electron chi connectivity index (χ2n) is 5.14. The van der Waals surface area contributed by atoms with E-state index >= 15 is 0 Å². The molecule has 0 amide bonds. The number of methoxy groups -OCH3 is 1. The van der Waals surface area contributed by atoms with E-state index in [9.17, 15) is 5.11 Å². The summed E-state index contributed by atoms with van der Waals surface area (Å²) in [6.45, 7) is 0.137. The molecule has 128 valence electrons. The number of rotatable bonds is 7. The van der Waals surface area contributed by atoms with Crippen molar-refractivity contribution in [2.75, 3.05) is 13.7 Å². The highest BCUT2D eigenvalue weighted by atomic mass is 16.7. The molecule has 0 bridgehead atoms. The third-order valence-electron chi connectivity index (χ3n) is 3.67. The first-order chi connectivity index (χ1) is 11.7. The lowest BCUT2D eigenvalue weighted by atomic mass is 9.96. The zero-order valence-electron chi connectivity index (χ0n) is 13.0. The Morgan fingerprint density at radius 2 is 2.00 bits per heavy atom. The summed E-state index contributed by atoms with van der Waals surface area (Å²) in [7, 11) is 1.41. The van der Waals surface area contributed by atoms with Gasteiger partial charge >= 0.3 is 0 Å². The minimum absolute atomic E-state index is 0.0947. The molecule has 24 heavy (non-hydrogen) atoms. The van der Waals surface area contributed by atoms with Gasteiger partial charge in [0.25, 0.3) is 0 Å². The van der Waals surface area contributed by atoms with Gasteiger partial charge in [-0.2, -0.15) is 0 Å². The number of ether oxygens (including phenoxy) is 3. The molecular formula is C14H18N6O4. The monoisotopic (exact) mass is 334 g/mol. The first-order valence-electron chi connectivity index (χ1n) is 7.28. The molecule has 0 saturated carbocycles. The SMILES string of the molecule is CO[C@H]1O[C@H](CN=[N+]=[N-])[C@H](N=[N+]=[N-])[C@@H](O)[C@H]1OCc1ccccc1. The number of nitrogens with zero attached hydrogens (tertiary/aromatic N) is 6. The summed E-state index contributed by atoms with van der Waals surface area (Å²) in [5.41, 5.74) is 18.1. The summed E-state index contributed by atoms with van der Waals surface area (Å²) in [5.74, 6) is 0. The van der Waals surface area contributed by atoms with Gasteiger partial charge in [0.05, 0.1) is 31.4 Å². The summed E-state index contributed by atoms with van der Waals surface area (Å²) in [6, 6.07) is 8.45. The maximum atomic E-state index is 10.5. The summed E-state index contributed by atoms with van der Waals surface area (Å²) in [6.07, 6.45) is -3.70. The van der Waals surface area contributed by atoms with Gasteiger partial charge in [0, 0.05) is 16.9 Å². The van der Waals surface area contributed by atoms with E-state index in [0.29, 0.717) is 0 Å². The minimum atomic E-state index is -1.16. The van der Waals surface area contributed by atoms with Crippen molar-refractivity contribution in [3.05, 3.63) is 56.8 Å². The topological polar surface area (TPSA) is 145 Å². The van der Waals surface area contributed by atoms with Crippen LogP contribution >= 0.6 is 0 Å². The van der Waals surface area contributed by atoms with E-state index in [4.69, 9.17) is 25.3 Å². The molecule has 0 spiro atoms. The molecule has 1 heterocycles. The van der Waals surface area contributed by atoms with Gasteiger partial charge in [0.15, 0.2) is 6.29 Å². The molecule has 0 unspecified atom stereocenters. The average molecular weight is 334 g/mol. The molecule has 0 aliphatic carbocycles. The van der Waals surface area contributed by atoms with Crippen molar-refractivity contribution in [2.24, 2.45) is 10.2 Å². The molecule has 1 N–H and O–H groups in total. The average Bonchev–Trinajstić information content (AvgIpc) is 2.62. The van der Waals surface area contributed by atoms with Crippen molar-refractivity contribution in [3.8, 4) is 0 Å². The van der Waals surface area contributed by atoms with Crippen molar-refractivity contribution in [1.29, 1.82) is 0 Å². The Morgan fingerprint density at radius 3 is 2.62 bits per heavy atom. The van der Waals surface area contributed by atoms with Crippen molar-refractivity contribution >= 4 is 0 Å². The predicted molar refractivity (Wildman–Crippen MR) is 83.6 cm³/mol. The van der Waals surface area contributed by atoms with Crippen LogP contribution in [-0.4, -0.2) is 49.4 Å². The third kappa shape index (κ3) is 4.36. The molecule has 10 heteroatoms. The van der Waals surface area contributed by atoms with Gasteiger partial charge in [0.2, 0.25) is 0 Å². The molecule has 1 aliphatic rings. The van der Waals surface area contributed by atoms with E-state index in [2.05, 4.69) is 20.1 Å². The summed E-state index contributed by atoms with van der Waals surface area (Å²) < 4.78 is 16.6. The quantitative estimate of drug-likeness (QED) is 0.463. The molecule has 1 aliphatic heterocycles. The van der Waals surface area contributed by atoms with Crippen LogP contribution < -0.4 is 0 Å². The molecule has 1 aromatic carbocycles. The van der Waals surface area contributed by atoms with Crippen LogP contribution in [0, 0.1) is 0 Å². The Hall–Kier alpha value is -2.32. The second kappa shape index (κ2) is 9.09. The van der Waals surface area contributed by atoms with Crippen LogP contribution in [0.3, 0.4) is 0 Å². The number of hydrogen-bond acceptors (Lipinski definition) is 6. The van der Waals surface area contributed by atoms with Crippen LogP contribution in [0.1, 0.15) is 5.56 Å². The molecule has 5 atom stereocenters. The van der Waals surface area contributed by atoms with E-state index in [-0.39, 0.29) is 13.2 Å². The van der Waals surface area contributed by atoms with Gasteiger partial charge in [-0.1, -0.05) is 40.6 Å². The molecule has 1 fully saturated rings. The van der Waals surface area contributed by atoms with E-state index in [1.165, 1.54) is 7.11 Å². The lowest BCUT2D eigenvalue weighted by molar-refractivity contribution is -0.275. The van der Waals surface area contributed by atoms with Crippen LogP contribution in [0.15, 0.2) is 40.6 Å². The predicted octanol–water partition coefficient (Wildman–Crippen LogP) is 2.29. The maximum Gasteiger partial charge on any atom is 0.186 e. The molecule has 2 rings (SSSR count). The lowest BCUT2D eigenvalue weighted by Crippen LogP contribution is -2.58. The highest BCUT2D eigenvalue weighted by Gasteiger charge is 2.45. The van der Waals surface area contributed by atoms with E-state index < -0.39 is 30.6 Å². The molecule has 1 aromatic rings. The Balaban J connectivity index is 2.13. The van der Waals surface area contributed by atoms with Crippen molar-refractivity contribution in [3.63, 3.8) is 0 Å². The Morgan fingerprint density at radius 1 is 1.25 bits per heavy atom. The van der Waals surface area contributed by atoms with Gasteiger partial charge in [-0.25, -0.2) is 0 Å². The Labute approximate surface area is 138 Å². The largest absolute Gasteiger partial charge is 0.390 e. The standard InChI is InChI=1S/C14H18N6O4/c1-22-14-13(23-8-9-5-3-2-4-6-9)12(21)11(18-20-16)10(24-14)7-17-19-15/h2-6,10-14,21H,7-8H2,1H3/t10-,11+,12-,13-,14+/m1/s1. The van der Waals surface area contributed by atoms with Gasteiger partial charge in [-0.05, 0) is 16.6 Å². The fraction of sp³-hybridized carbons (Fsp3) is 0.571. The Bertz CT molecular complexity index is 617. The highest BCUT2D eigenvalue weighted by Crippen LogP contribution is 2.27. The van der Waals surface area contributed by atoms with Crippen LogP contribution in [0.25, 0.3) is 20.9 Å². The third-order valence-corrected chi connectivity index (χ3v) is 3.67. The van der Waals surface area contributed by atoms with Crippen LogP contribution in [0.2, 0.25) is 0 Å². The Kier molecular flexibility index (Phi) is 6.83. The van der Waals surface area contributed by atoms with E-state index in [1.807, 2.05) is 30.3 Å². The van der Waals surface area contributed by atoms with Gasteiger partial charge in [0.1, 0.15) is 6.10 Å². The normalized spacial score (nSPS) is 29.3. The van der Waals surface area contributed by atoms with Gasteiger partial charge in [-0.3, -0.25) is 0 Å². The van der Waals surface area contributed by atoms with E-state index in [1.54, 1.807) is 0 Å². The molecule has 0 radical (unpaired) electrons. The van der Waals surface area contributed by atoms with Crippen LogP contribution in [0.4, 0.5) is 0 Å². The van der Waals surface area contributed by atoms with Gasteiger partial charge < -0.3 is 19.3 Å². The number of azide groups is 2. The smallest absolute Gasteiger partial charge is 0.186 e. The van der Waals surface area contributed by atoms with Gasteiger partial charge in [-0.15, -0.1) is 0 Å². The summed E-state index contributed by atoms with van der Waals surface area (Å²) in [5, 5.41) is 17.5. The first-order valence-corrected chi connectivity index (χ1v) is 7.28. The van der Waals surface area contributed by atoms with Crippen LogP contribution in [-0.2, 0) is 20.8 Å². The molecular weight excluding hydrogens is 316 g/mol.